The second kappa shape index (κ2) is 8.62. The van der Waals surface area contributed by atoms with Gasteiger partial charge in [-0.25, -0.2) is 10.0 Å². The number of rotatable bonds is 8. The molecule has 7 nitrogen and oxygen atoms in total. The second-order valence-corrected chi connectivity index (χ2v) is 6.52. The van der Waals surface area contributed by atoms with E-state index in [4.69, 9.17) is 10.8 Å². The summed E-state index contributed by atoms with van der Waals surface area (Å²) >= 11 is 0. The van der Waals surface area contributed by atoms with E-state index in [9.17, 15) is 10.0 Å². The SMILES string of the molecule is CCCC(C)N(O)c1nc(N)nc(C)c1Cc1ccc(CC(=O)O)cc1. The van der Waals surface area contributed by atoms with Crippen molar-refractivity contribution >= 4 is 17.7 Å². The van der Waals surface area contributed by atoms with Gasteiger partial charge >= 0.3 is 5.97 Å². The van der Waals surface area contributed by atoms with Crippen LogP contribution in [0.2, 0.25) is 0 Å². The molecule has 0 aliphatic carbocycles. The van der Waals surface area contributed by atoms with E-state index < -0.39 is 5.97 Å². The van der Waals surface area contributed by atoms with Crippen LogP contribution in [0.5, 0.6) is 0 Å². The zero-order valence-corrected chi connectivity index (χ0v) is 15.4. The summed E-state index contributed by atoms with van der Waals surface area (Å²) in [6, 6.07) is 7.27. The lowest BCUT2D eigenvalue weighted by atomic mass is 10.0. The number of benzene rings is 1. The number of nitrogen functional groups attached to an aromatic ring is 1. The fraction of sp³-hybridized carbons (Fsp3) is 0.421. The monoisotopic (exact) mass is 358 g/mol. The second-order valence-electron chi connectivity index (χ2n) is 6.52. The highest BCUT2D eigenvalue weighted by molar-refractivity contribution is 5.70. The molecule has 0 bridgehead atoms. The molecule has 0 amide bonds. The first-order valence-electron chi connectivity index (χ1n) is 8.72. The van der Waals surface area contributed by atoms with Crippen LogP contribution in [0.1, 0.15) is 49.1 Å². The van der Waals surface area contributed by atoms with Crippen LogP contribution in [-0.4, -0.2) is 32.3 Å². The normalized spacial score (nSPS) is 12.0. The summed E-state index contributed by atoms with van der Waals surface area (Å²) in [5.74, 6) is -0.310. The van der Waals surface area contributed by atoms with Gasteiger partial charge in [0.2, 0.25) is 5.95 Å². The Morgan fingerprint density at radius 1 is 1.23 bits per heavy atom. The van der Waals surface area contributed by atoms with Crippen molar-refractivity contribution in [3.8, 4) is 0 Å². The number of anilines is 2. The molecule has 0 saturated heterocycles. The van der Waals surface area contributed by atoms with Crippen molar-refractivity contribution < 1.29 is 15.1 Å². The Bertz CT molecular complexity index is 762. The lowest BCUT2D eigenvalue weighted by molar-refractivity contribution is -0.136. The van der Waals surface area contributed by atoms with Gasteiger partial charge in [0, 0.05) is 17.7 Å². The molecule has 1 heterocycles. The smallest absolute Gasteiger partial charge is 0.307 e. The number of carbonyl (C=O) groups is 1. The fourth-order valence-corrected chi connectivity index (χ4v) is 2.90. The van der Waals surface area contributed by atoms with E-state index in [1.165, 1.54) is 5.06 Å². The molecular weight excluding hydrogens is 332 g/mol. The van der Waals surface area contributed by atoms with Crippen LogP contribution in [0.3, 0.4) is 0 Å². The Balaban J connectivity index is 2.32. The highest BCUT2D eigenvalue weighted by Gasteiger charge is 2.20. The average molecular weight is 358 g/mol. The van der Waals surface area contributed by atoms with Crippen LogP contribution < -0.4 is 10.8 Å². The van der Waals surface area contributed by atoms with E-state index in [0.717, 1.165) is 29.5 Å². The molecule has 0 aliphatic heterocycles. The molecule has 0 fully saturated rings. The Hall–Kier alpha value is -2.67. The van der Waals surface area contributed by atoms with Crippen LogP contribution in [0.4, 0.5) is 11.8 Å². The number of aromatic nitrogens is 2. The summed E-state index contributed by atoms with van der Waals surface area (Å²) in [5.41, 5.74) is 9.02. The minimum absolute atomic E-state index is 0.00547. The van der Waals surface area contributed by atoms with Gasteiger partial charge in [0.05, 0.1) is 12.5 Å². The lowest BCUT2D eigenvalue weighted by Crippen LogP contribution is -2.31. The quantitative estimate of drug-likeness (QED) is 0.622. The summed E-state index contributed by atoms with van der Waals surface area (Å²) in [6.07, 6.45) is 2.28. The van der Waals surface area contributed by atoms with E-state index in [-0.39, 0.29) is 18.4 Å². The van der Waals surface area contributed by atoms with Crippen molar-refractivity contribution in [1.29, 1.82) is 0 Å². The molecule has 4 N–H and O–H groups in total. The summed E-state index contributed by atoms with van der Waals surface area (Å²) in [4.78, 5) is 19.3. The van der Waals surface area contributed by atoms with Crippen molar-refractivity contribution in [1.82, 2.24) is 9.97 Å². The highest BCUT2D eigenvalue weighted by Crippen LogP contribution is 2.26. The van der Waals surface area contributed by atoms with Gasteiger partial charge in [0.15, 0.2) is 5.82 Å². The number of carboxylic acid groups (broad SMARTS) is 1. The molecule has 1 atom stereocenters. The predicted octanol–water partition coefficient (Wildman–Crippen LogP) is 2.97. The van der Waals surface area contributed by atoms with Crippen molar-refractivity contribution in [2.75, 3.05) is 10.8 Å². The van der Waals surface area contributed by atoms with Crippen molar-refractivity contribution in [2.24, 2.45) is 0 Å². The Kier molecular flexibility index (Phi) is 6.52. The van der Waals surface area contributed by atoms with Gasteiger partial charge in [-0.1, -0.05) is 37.6 Å². The molecule has 0 aliphatic rings. The molecule has 2 aromatic rings. The van der Waals surface area contributed by atoms with Crippen LogP contribution in [0.15, 0.2) is 24.3 Å². The third kappa shape index (κ3) is 4.92. The average Bonchev–Trinajstić information content (AvgIpc) is 2.57. The number of nitrogens with zero attached hydrogens (tertiary/aromatic N) is 3. The topological polar surface area (TPSA) is 113 Å². The van der Waals surface area contributed by atoms with Gasteiger partial charge in [-0.3, -0.25) is 10.0 Å². The Morgan fingerprint density at radius 3 is 2.42 bits per heavy atom. The number of hydrogen-bond donors (Lipinski definition) is 3. The molecule has 26 heavy (non-hydrogen) atoms. The zero-order chi connectivity index (χ0) is 19.3. The predicted molar refractivity (Wildman–Crippen MR) is 100 cm³/mol. The molecule has 0 radical (unpaired) electrons. The first kappa shape index (κ1) is 19.7. The largest absolute Gasteiger partial charge is 0.481 e. The third-order valence-electron chi connectivity index (χ3n) is 4.31. The summed E-state index contributed by atoms with van der Waals surface area (Å²) in [5, 5.41) is 20.6. The summed E-state index contributed by atoms with van der Waals surface area (Å²) in [6.45, 7) is 5.83. The zero-order valence-electron chi connectivity index (χ0n) is 15.4. The molecule has 1 aromatic carbocycles. The standard InChI is InChI=1S/C19H26N4O3/c1-4-5-12(2)23(26)18-16(13(3)21-19(20)22-18)10-14-6-8-15(9-7-14)11-17(24)25/h6-9,12,26H,4-5,10-11H2,1-3H3,(H,24,25)(H2,20,21,22). The molecule has 140 valence electrons. The van der Waals surface area contributed by atoms with Gasteiger partial charge in [-0.05, 0) is 31.4 Å². The van der Waals surface area contributed by atoms with E-state index in [1.54, 1.807) is 12.1 Å². The number of nitrogens with two attached hydrogens (primary N) is 1. The Morgan fingerprint density at radius 2 is 1.85 bits per heavy atom. The first-order chi connectivity index (χ1) is 12.3. The Labute approximate surface area is 153 Å². The van der Waals surface area contributed by atoms with Gasteiger partial charge in [-0.15, -0.1) is 0 Å². The molecule has 2 rings (SSSR count). The number of hydroxylamine groups is 1. The summed E-state index contributed by atoms with van der Waals surface area (Å²) < 4.78 is 0. The van der Waals surface area contributed by atoms with Gasteiger partial charge in [-0.2, -0.15) is 4.98 Å². The van der Waals surface area contributed by atoms with Gasteiger partial charge in [0.25, 0.3) is 0 Å². The maximum absolute atomic E-state index is 10.8. The van der Waals surface area contributed by atoms with Crippen molar-refractivity contribution in [3.05, 3.63) is 46.6 Å². The summed E-state index contributed by atoms with van der Waals surface area (Å²) in [7, 11) is 0. The van der Waals surface area contributed by atoms with Gasteiger partial charge in [0.1, 0.15) is 0 Å². The maximum atomic E-state index is 10.8. The van der Waals surface area contributed by atoms with Crippen LogP contribution in [-0.2, 0) is 17.6 Å². The van der Waals surface area contributed by atoms with Crippen LogP contribution in [0, 0.1) is 6.92 Å². The first-order valence-corrected chi connectivity index (χ1v) is 8.72. The molecule has 1 aromatic heterocycles. The van der Waals surface area contributed by atoms with Gasteiger partial charge < -0.3 is 10.8 Å². The molecule has 0 spiro atoms. The van der Waals surface area contributed by atoms with E-state index in [1.807, 2.05) is 26.0 Å². The molecular formula is C19H26N4O3. The number of aryl methyl sites for hydroxylation is 1. The minimum atomic E-state index is -0.858. The van der Waals surface area contributed by atoms with Crippen LogP contribution in [0.25, 0.3) is 0 Å². The van der Waals surface area contributed by atoms with Crippen molar-refractivity contribution in [2.45, 2.75) is 52.5 Å². The minimum Gasteiger partial charge on any atom is -0.481 e. The van der Waals surface area contributed by atoms with Crippen molar-refractivity contribution in [3.63, 3.8) is 0 Å². The van der Waals surface area contributed by atoms with E-state index >= 15 is 0 Å². The number of hydrogen-bond acceptors (Lipinski definition) is 6. The number of carboxylic acids is 1. The third-order valence-corrected chi connectivity index (χ3v) is 4.31. The highest BCUT2D eigenvalue weighted by atomic mass is 16.5. The molecule has 1 unspecified atom stereocenters. The maximum Gasteiger partial charge on any atom is 0.307 e. The van der Waals surface area contributed by atoms with E-state index in [0.29, 0.717) is 17.9 Å². The van der Waals surface area contributed by atoms with E-state index in [2.05, 4.69) is 16.9 Å². The molecule has 0 saturated carbocycles. The fourth-order valence-electron chi connectivity index (χ4n) is 2.90. The molecule has 7 heteroatoms. The van der Waals surface area contributed by atoms with Crippen LogP contribution >= 0.6 is 0 Å². The number of aliphatic carboxylic acids is 1. The lowest BCUT2D eigenvalue weighted by Gasteiger charge is -2.26.